The van der Waals surface area contributed by atoms with Crippen molar-refractivity contribution >= 4 is 27.5 Å². The zero-order chi connectivity index (χ0) is 16.0. The van der Waals surface area contributed by atoms with Crippen LogP contribution in [-0.2, 0) is 10.0 Å². The van der Waals surface area contributed by atoms with Gasteiger partial charge < -0.3 is 5.32 Å². The Balaban J connectivity index is 2.47. The minimum atomic E-state index is -3.17. The number of rotatable bonds is 7. The van der Waals surface area contributed by atoms with Crippen LogP contribution in [0.1, 0.15) is 34.8 Å². The molecular weight excluding hydrogens is 312 g/mol. The summed E-state index contributed by atoms with van der Waals surface area (Å²) < 4.78 is 24.9. The number of sulfonamides is 1. The molecule has 0 aromatic heterocycles. The molecule has 0 saturated carbocycles. The second-order valence-corrected chi connectivity index (χ2v) is 7.33. The van der Waals surface area contributed by atoms with Gasteiger partial charge in [-0.2, -0.15) is 0 Å². The molecular formula is C14H21ClN2O3S. The van der Waals surface area contributed by atoms with Crippen LogP contribution >= 0.6 is 11.6 Å². The van der Waals surface area contributed by atoms with Gasteiger partial charge >= 0.3 is 0 Å². The quantitative estimate of drug-likeness (QED) is 0.750. The Kier molecular flexibility index (Phi) is 6.64. The number of carbonyl (C=O) groups is 1. The third kappa shape index (κ3) is 5.65. The Morgan fingerprint density at radius 2 is 1.81 bits per heavy atom. The van der Waals surface area contributed by atoms with Crippen LogP contribution in [0.25, 0.3) is 0 Å². The lowest BCUT2D eigenvalue weighted by Gasteiger charge is -2.09. The summed E-state index contributed by atoms with van der Waals surface area (Å²) in [5, 5.41) is 3.15. The minimum Gasteiger partial charge on any atom is -0.352 e. The van der Waals surface area contributed by atoms with Gasteiger partial charge in [0.05, 0.1) is 16.3 Å². The zero-order valence-corrected chi connectivity index (χ0v) is 14.1. The first kappa shape index (κ1) is 17.9. The van der Waals surface area contributed by atoms with Gasteiger partial charge in [-0.15, -0.1) is 0 Å². The van der Waals surface area contributed by atoms with E-state index in [0.29, 0.717) is 30.1 Å². The van der Waals surface area contributed by atoms with Crippen LogP contribution in [-0.4, -0.2) is 33.2 Å². The largest absolute Gasteiger partial charge is 0.352 e. The van der Waals surface area contributed by atoms with E-state index in [-0.39, 0.29) is 11.7 Å². The summed E-state index contributed by atoms with van der Waals surface area (Å²) in [6.45, 7) is 6.11. The fourth-order valence-electron chi connectivity index (χ4n) is 1.67. The van der Waals surface area contributed by atoms with Crippen LogP contribution < -0.4 is 10.0 Å². The molecule has 5 nitrogen and oxygen atoms in total. The van der Waals surface area contributed by atoms with Gasteiger partial charge in [-0.05, 0) is 50.5 Å². The van der Waals surface area contributed by atoms with E-state index < -0.39 is 10.0 Å². The minimum absolute atomic E-state index is 0.0532. The van der Waals surface area contributed by atoms with Gasteiger partial charge in [0.1, 0.15) is 0 Å². The van der Waals surface area contributed by atoms with Crippen molar-refractivity contribution in [2.24, 2.45) is 0 Å². The summed E-state index contributed by atoms with van der Waals surface area (Å²) in [7, 11) is -3.17. The highest BCUT2D eigenvalue weighted by atomic mass is 35.5. The maximum atomic E-state index is 12.0. The van der Waals surface area contributed by atoms with Crippen LogP contribution in [0, 0.1) is 13.8 Å². The van der Waals surface area contributed by atoms with E-state index in [4.69, 9.17) is 11.6 Å². The monoisotopic (exact) mass is 332 g/mol. The molecule has 0 heterocycles. The summed E-state index contributed by atoms with van der Waals surface area (Å²) in [5.41, 5.74) is 2.47. The van der Waals surface area contributed by atoms with Gasteiger partial charge in [0.15, 0.2) is 0 Å². The van der Waals surface area contributed by atoms with E-state index in [1.54, 1.807) is 19.1 Å². The number of carbonyl (C=O) groups excluding carboxylic acids is 1. The maximum absolute atomic E-state index is 12.0. The second kappa shape index (κ2) is 7.77. The Hall–Kier alpha value is -1.11. The Labute approximate surface area is 131 Å². The van der Waals surface area contributed by atoms with Gasteiger partial charge in [-0.25, -0.2) is 13.1 Å². The number of benzene rings is 1. The van der Waals surface area contributed by atoms with Crippen molar-refractivity contribution in [3.05, 3.63) is 33.8 Å². The van der Waals surface area contributed by atoms with Gasteiger partial charge in [0.25, 0.3) is 5.91 Å². The van der Waals surface area contributed by atoms with Crippen molar-refractivity contribution in [3.8, 4) is 0 Å². The first-order valence-corrected chi connectivity index (χ1v) is 8.82. The molecule has 2 N–H and O–H groups in total. The molecule has 118 valence electrons. The third-order valence-electron chi connectivity index (χ3n) is 3.17. The Morgan fingerprint density at radius 3 is 2.43 bits per heavy atom. The molecule has 0 bridgehead atoms. The summed E-state index contributed by atoms with van der Waals surface area (Å²) in [6, 6.07) is 3.52. The SMILES string of the molecule is CCS(=O)(=O)NCCCNC(=O)c1cc(C)c(C)cc1Cl. The summed E-state index contributed by atoms with van der Waals surface area (Å²) >= 11 is 6.06. The van der Waals surface area contributed by atoms with Gasteiger partial charge in [-0.3, -0.25) is 4.79 Å². The highest BCUT2D eigenvalue weighted by Crippen LogP contribution is 2.20. The maximum Gasteiger partial charge on any atom is 0.252 e. The van der Waals surface area contributed by atoms with Crippen molar-refractivity contribution in [2.75, 3.05) is 18.8 Å². The first-order chi connectivity index (χ1) is 9.76. The van der Waals surface area contributed by atoms with Crippen LogP contribution in [0.4, 0.5) is 0 Å². The first-order valence-electron chi connectivity index (χ1n) is 6.79. The van der Waals surface area contributed by atoms with Crippen molar-refractivity contribution in [3.63, 3.8) is 0 Å². The molecule has 7 heteroatoms. The molecule has 1 aromatic carbocycles. The molecule has 0 radical (unpaired) electrons. The van der Waals surface area contributed by atoms with Crippen LogP contribution in [0.5, 0.6) is 0 Å². The van der Waals surface area contributed by atoms with E-state index in [1.165, 1.54) is 0 Å². The Bertz CT molecular complexity index is 615. The molecule has 0 aliphatic rings. The van der Waals surface area contributed by atoms with Crippen LogP contribution in [0.15, 0.2) is 12.1 Å². The summed E-state index contributed by atoms with van der Waals surface area (Å²) in [5.74, 6) is -0.195. The second-order valence-electron chi connectivity index (χ2n) is 4.82. The molecule has 21 heavy (non-hydrogen) atoms. The molecule has 0 saturated heterocycles. The lowest BCUT2D eigenvalue weighted by atomic mass is 10.1. The van der Waals surface area contributed by atoms with E-state index in [2.05, 4.69) is 10.0 Å². The number of halogens is 1. The average molecular weight is 333 g/mol. The van der Waals surface area contributed by atoms with Crippen molar-refractivity contribution in [2.45, 2.75) is 27.2 Å². The predicted molar refractivity (Wildman–Crippen MR) is 85.3 cm³/mol. The highest BCUT2D eigenvalue weighted by Gasteiger charge is 2.11. The highest BCUT2D eigenvalue weighted by molar-refractivity contribution is 7.89. The molecule has 0 spiro atoms. The smallest absolute Gasteiger partial charge is 0.252 e. The number of aryl methyl sites for hydroxylation is 2. The molecule has 0 aliphatic carbocycles. The van der Waals surface area contributed by atoms with Crippen LogP contribution in [0.3, 0.4) is 0 Å². The van der Waals surface area contributed by atoms with E-state index in [1.807, 2.05) is 13.8 Å². The fraction of sp³-hybridized carbons (Fsp3) is 0.500. The number of hydrogen-bond acceptors (Lipinski definition) is 3. The predicted octanol–water partition coefficient (Wildman–Crippen LogP) is 2.02. The summed E-state index contributed by atoms with van der Waals surface area (Å²) in [4.78, 5) is 12.0. The molecule has 0 unspecified atom stereocenters. The van der Waals surface area contributed by atoms with Crippen molar-refractivity contribution < 1.29 is 13.2 Å². The van der Waals surface area contributed by atoms with E-state index in [9.17, 15) is 13.2 Å². The van der Waals surface area contributed by atoms with Gasteiger partial charge in [-0.1, -0.05) is 11.6 Å². The third-order valence-corrected chi connectivity index (χ3v) is 4.89. The summed E-state index contributed by atoms with van der Waals surface area (Å²) in [6.07, 6.45) is 0.521. The van der Waals surface area contributed by atoms with E-state index >= 15 is 0 Å². The lowest BCUT2D eigenvalue weighted by Crippen LogP contribution is -2.30. The topological polar surface area (TPSA) is 75.3 Å². The molecule has 0 aliphatic heterocycles. The van der Waals surface area contributed by atoms with Gasteiger partial charge in [0, 0.05) is 13.1 Å². The van der Waals surface area contributed by atoms with Crippen LogP contribution in [0.2, 0.25) is 5.02 Å². The number of hydrogen-bond donors (Lipinski definition) is 2. The molecule has 1 aromatic rings. The Morgan fingerprint density at radius 1 is 1.19 bits per heavy atom. The standard InChI is InChI=1S/C14H21ClN2O3S/c1-4-21(19,20)17-7-5-6-16-14(18)12-8-10(2)11(3)9-13(12)15/h8-9,17H,4-7H2,1-3H3,(H,16,18). The van der Waals surface area contributed by atoms with Gasteiger partial charge in [0.2, 0.25) is 10.0 Å². The van der Waals surface area contributed by atoms with Crippen molar-refractivity contribution in [1.82, 2.24) is 10.0 Å². The molecule has 1 rings (SSSR count). The number of nitrogens with one attached hydrogen (secondary N) is 2. The number of amides is 1. The average Bonchev–Trinajstić information content (AvgIpc) is 2.42. The lowest BCUT2D eigenvalue weighted by molar-refractivity contribution is 0.0953. The zero-order valence-electron chi connectivity index (χ0n) is 12.5. The van der Waals surface area contributed by atoms with E-state index in [0.717, 1.165) is 11.1 Å². The molecule has 0 fully saturated rings. The molecule has 1 amide bonds. The van der Waals surface area contributed by atoms with Crippen molar-refractivity contribution in [1.29, 1.82) is 0 Å². The normalized spacial score (nSPS) is 11.4. The molecule has 0 atom stereocenters. The fourth-order valence-corrected chi connectivity index (χ4v) is 2.63.